The van der Waals surface area contributed by atoms with Crippen molar-refractivity contribution in [1.29, 1.82) is 0 Å². The Morgan fingerprint density at radius 2 is 2.41 bits per heavy atom. The van der Waals surface area contributed by atoms with Crippen LogP contribution in [-0.4, -0.2) is 20.3 Å². The van der Waals surface area contributed by atoms with Gasteiger partial charge in [-0.3, -0.25) is 9.20 Å². The maximum Gasteiger partial charge on any atom is 0.220 e. The summed E-state index contributed by atoms with van der Waals surface area (Å²) in [6.07, 6.45) is 9.39. The number of carbonyl (C=O) groups is 1. The van der Waals surface area contributed by atoms with Crippen molar-refractivity contribution in [2.24, 2.45) is 0 Å². The minimum absolute atomic E-state index is 0.116. The topological polar surface area (TPSA) is 62.2 Å². The first-order valence-corrected chi connectivity index (χ1v) is 6.07. The molecule has 0 aliphatic heterocycles. The van der Waals surface area contributed by atoms with Gasteiger partial charge in [0.15, 0.2) is 0 Å². The third-order valence-electron chi connectivity index (χ3n) is 2.72. The molecular formula is C12H18N4O. The van der Waals surface area contributed by atoms with E-state index >= 15 is 0 Å². The van der Waals surface area contributed by atoms with Crippen LogP contribution in [0.3, 0.4) is 0 Å². The second kappa shape index (κ2) is 5.52. The Hall–Kier alpha value is -1.78. The van der Waals surface area contributed by atoms with Crippen LogP contribution in [0.2, 0.25) is 0 Å². The number of aromatic nitrogens is 3. The van der Waals surface area contributed by atoms with Gasteiger partial charge in [-0.1, -0.05) is 19.8 Å². The molecule has 0 saturated heterocycles. The fraction of sp³-hybridized carbons (Fsp3) is 0.500. The largest absolute Gasteiger partial charge is 0.350 e. The van der Waals surface area contributed by atoms with Gasteiger partial charge < -0.3 is 10.3 Å². The van der Waals surface area contributed by atoms with Crippen molar-refractivity contribution < 1.29 is 4.79 Å². The molecule has 2 heterocycles. The van der Waals surface area contributed by atoms with Crippen LogP contribution in [0.4, 0.5) is 0 Å². The van der Waals surface area contributed by atoms with Gasteiger partial charge in [0.05, 0.1) is 12.2 Å². The van der Waals surface area contributed by atoms with Gasteiger partial charge in [0.25, 0.3) is 0 Å². The molecule has 0 bridgehead atoms. The number of hydrogen-bond donors (Lipinski definition) is 2. The Kier molecular flexibility index (Phi) is 3.80. The number of nitrogens with one attached hydrogen (secondary N) is 2. The lowest BCUT2D eigenvalue weighted by Crippen LogP contribution is -2.22. The highest BCUT2D eigenvalue weighted by Gasteiger charge is 2.03. The predicted molar refractivity (Wildman–Crippen MR) is 65.5 cm³/mol. The zero-order valence-electron chi connectivity index (χ0n) is 10.1. The Morgan fingerprint density at radius 1 is 1.53 bits per heavy atom. The maximum atomic E-state index is 11.5. The summed E-state index contributed by atoms with van der Waals surface area (Å²) in [5.41, 5.74) is 0.969. The highest BCUT2D eigenvalue weighted by atomic mass is 16.1. The molecule has 2 aromatic heterocycles. The second-order valence-electron chi connectivity index (χ2n) is 4.17. The summed E-state index contributed by atoms with van der Waals surface area (Å²) in [5, 5.41) is 2.90. The minimum Gasteiger partial charge on any atom is -0.350 e. The number of rotatable bonds is 6. The van der Waals surface area contributed by atoms with Crippen LogP contribution in [0.5, 0.6) is 0 Å². The van der Waals surface area contributed by atoms with Gasteiger partial charge in [-0.2, -0.15) is 0 Å². The number of fused-ring (bicyclic) bond motifs is 1. The van der Waals surface area contributed by atoms with Gasteiger partial charge >= 0.3 is 0 Å². The van der Waals surface area contributed by atoms with E-state index in [0.717, 1.165) is 30.7 Å². The highest BCUT2D eigenvalue weighted by Crippen LogP contribution is 2.03. The van der Waals surface area contributed by atoms with E-state index in [9.17, 15) is 4.79 Å². The maximum absolute atomic E-state index is 11.5. The predicted octanol–water partition coefficient (Wildman–Crippen LogP) is 1.86. The molecule has 1 amide bonds. The molecule has 0 saturated carbocycles. The fourth-order valence-electron chi connectivity index (χ4n) is 1.77. The van der Waals surface area contributed by atoms with Gasteiger partial charge in [0.1, 0.15) is 0 Å². The third-order valence-corrected chi connectivity index (χ3v) is 2.72. The molecule has 0 aliphatic rings. The normalized spacial score (nSPS) is 10.9. The molecule has 2 aromatic rings. The number of unbranched alkanes of at least 4 members (excludes halogenated alkanes) is 2. The van der Waals surface area contributed by atoms with E-state index in [-0.39, 0.29) is 5.91 Å². The summed E-state index contributed by atoms with van der Waals surface area (Å²) in [5.74, 6) is 0.922. The average molecular weight is 234 g/mol. The van der Waals surface area contributed by atoms with Crippen molar-refractivity contribution >= 4 is 11.7 Å². The lowest BCUT2D eigenvalue weighted by Gasteiger charge is -2.02. The molecule has 0 aromatic carbocycles. The van der Waals surface area contributed by atoms with E-state index < -0.39 is 0 Å². The molecule has 0 aliphatic carbocycles. The van der Waals surface area contributed by atoms with Crippen LogP contribution < -0.4 is 5.32 Å². The van der Waals surface area contributed by atoms with Crippen LogP contribution in [0.25, 0.3) is 5.78 Å². The fourth-order valence-corrected chi connectivity index (χ4v) is 1.77. The van der Waals surface area contributed by atoms with Crippen LogP contribution in [0.1, 0.15) is 38.3 Å². The number of imidazole rings is 2. The van der Waals surface area contributed by atoms with E-state index in [1.54, 1.807) is 6.20 Å². The zero-order chi connectivity index (χ0) is 12.1. The first kappa shape index (κ1) is 11.7. The summed E-state index contributed by atoms with van der Waals surface area (Å²) in [4.78, 5) is 18.8. The smallest absolute Gasteiger partial charge is 0.220 e. The lowest BCUT2D eigenvalue weighted by atomic mass is 10.2. The first-order chi connectivity index (χ1) is 8.29. The van der Waals surface area contributed by atoms with Gasteiger partial charge in [0, 0.05) is 25.0 Å². The van der Waals surface area contributed by atoms with Gasteiger partial charge in [-0.25, -0.2) is 4.98 Å². The van der Waals surface area contributed by atoms with Gasteiger partial charge in [-0.05, 0) is 6.42 Å². The van der Waals surface area contributed by atoms with Crippen LogP contribution in [0.15, 0.2) is 18.6 Å². The van der Waals surface area contributed by atoms with Gasteiger partial charge in [-0.15, -0.1) is 0 Å². The molecule has 2 rings (SSSR count). The lowest BCUT2D eigenvalue weighted by molar-refractivity contribution is -0.121. The first-order valence-electron chi connectivity index (χ1n) is 6.07. The third kappa shape index (κ3) is 3.09. The molecule has 0 atom stereocenters. The van der Waals surface area contributed by atoms with Crippen molar-refractivity contribution in [1.82, 2.24) is 19.7 Å². The Balaban J connectivity index is 1.78. The molecular weight excluding hydrogens is 216 g/mol. The number of nitrogens with zero attached hydrogens (tertiary/aromatic N) is 2. The number of aromatic amines is 1. The number of H-pyrrole nitrogens is 1. The highest BCUT2D eigenvalue weighted by molar-refractivity contribution is 5.75. The van der Waals surface area contributed by atoms with Crippen LogP contribution in [0, 0.1) is 0 Å². The van der Waals surface area contributed by atoms with Crippen LogP contribution in [-0.2, 0) is 11.3 Å². The number of amides is 1. The number of hydrogen-bond acceptors (Lipinski definition) is 2. The summed E-state index contributed by atoms with van der Waals surface area (Å²) >= 11 is 0. The molecule has 2 N–H and O–H groups in total. The number of carbonyl (C=O) groups excluding carboxylic acids is 1. The summed E-state index contributed by atoms with van der Waals surface area (Å²) < 4.78 is 1.90. The summed E-state index contributed by atoms with van der Waals surface area (Å²) in [6, 6.07) is 0. The SMILES string of the molecule is CCCCCC(=O)NCc1cn2ccnc2[nH]1. The molecule has 0 fully saturated rings. The van der Waals surface area contributed by atoms with Gasteiger partial charge in [0.2, 0.25) is 11.7 Å². The van der Waals surface area contributed by atoms with Crippen molar-refractivity contribution in [2.75, 3.05) is 0 Å². The van der Waals surface area contributed by atoms with E-state index in [4.69, 9.17) is 0 Å². The Morgan fingerprint density at radius 3 is 3.18 bits per heavy atom. The Labute approximate surface area is 100 Å². The van der Waals surface area contributed by atoms with E-state index in [1.807, 2.05) is 16.8 Å². The summed E-state index contributed by atoms with van der Waals surface area (Å²) in [6.45, 7) is 2.67. The van der Waals surface area contributed by atoms with E-state index in [1.165, 1.54) is 0 Å². The van der Waals surface area contributed by atoms with Crippen molar-refractivity contribution in [3.05, 3.63) is 24.3 Å². The van der Waals surface area contributed by atoms with E-state index in [2.05, 4.69) is 22.2 Å². The Bertz CT molecular complexity index is 457. The molecule has 0 spiro atoms. The molecule has 92 valence electrons. The molecule has 5 nitrogen and oxygen atoms in total. The van der Waals surface area contributed by atoms with Crippen molar-refractivity contribution in [2.45, 2.75) is 39.2 Å². The van der Waals surface area contributed by atoms with Crippen molar-refractivity contribution in [3.63, 3.8) is 0 Å². The zero-order valence-corrected chi connectivity index (χ0v) is 10.1. The molecule has 17 heavy (non-hydrogen) atoms. The standard InChI is InChI=1S/C12H18N4O/c1-2-3-4-5-11(17)14-8-10-9-16-7-6-13-12(16)15-10/h6-7,9H,2-5,8H2,1H3,(H,13,15)(H,14,17). The molecule has 0 unspecified atom stereocenters. The second-order valence-corrected chi connectivity index (χ2v) is 4.17. The summed E-state index contributed by atoms with van der Waals surface area (Å²) in [7, 11) is 0. The molecule has 5 heteroatoms. The molecule has 0 radical (unpaired) electrons. The van der Waals surface area contributed by atoms with E-state index in [0.29, 0.717) is 13.0 Å². The monoisotopic (exact) mass is 234 g/mol. The quantitative estimate of drug-likeness (QED) is 0.749. The van der Waals surface area contributed by atoms with Crippen molar-refractivity contribution in [3.8, 4) is 0 Å². The van der Waals surface area contributed by atoms with Crippen LogP contribution >= 0.6 is 0 Å². The minimum atomic E-state index is 0.116. The average Bonchev–Trinajstić information content (AvgIpc) is 2.86.